The fraction of sp³-hybridized carbons (Fsp3) is 0.0417. The summed E-state index contributed by atoms with van der Waals surface area (Å²) in [5.74, 6) is 0. The van der Waals surface area contributed by atoms with Gasteiger partial charge in [0.25, 0.3) is 0 Å². The van der Waals surface area contributed by atoms with Crippen LogP contribution in [0, 0.1) is 0 Å². The zero-order chi connectivity index (χ0) is 17.9. The normalized spacial score (nSPS) is 11.7. The lowest BCUT2D eigenvalue weighted by atomic mass is 9.97. The largest absolute Gasteiger partial charge is 0.343 e. The number of rotatable bonds is 4. The average Bonchev–Trinajstić information content (AvgIpc) is 2.99. The summed E-state index contributed by atoms with van der Waals surface area (Å²) in [6.45, 7) is 0. The summed E-state index contributed by atoms with van der Waals surface area (Å²) in [4.78, 5) is 12.0. The molecule has 0 aliphatic heterocycles. The van der Waals surface area contributed by atoms with E-state index in [9.17, 15) is 4.79 Å². The molecule has 0 unspecified atom stereocenters. The predicted molar refractivity (Wildman–Crippen MR) is 108 cm³/mol. The summed E-state index contributed by atoms with van der Waals surface area (Å²) in [5, 5.41) is 0.981. The van der Waals surface area contributed by atoms with E-state index >= 15 is 0 Å². The highest BCUT2D eigenvalue weighted by atomic mass is 16.1. The maximum absolute atomic E-state index is 12.0. The molecule has 2 nitrogen and oxygen atoms in total. The van der Waals surface area contributed by atoms with Gasteiger partial charge in [0, 0.05) is 29.1 Å². The van der Waals surface area contributed by atoms with Crippen LogP contribution in [0.25, 0.3) is 22.6 Å². The van der Waals surface area contributed by atoms with E-state index in [0.717, 1.165) is 45.1 Å². The Labute approximate surface area is 153 Å². The molecule has 26 heavy (non-hydrogen) atoms. The van der Waals surface area contributed by atoms with Gasteiger partial charge in [-0.3, -0.25) is 4.79 Å². The Balaban J connectivity index is 2.05. The summed E-state index contributed by atoms with van der Waals surface area (Å²) in [5.41, 5.74) is 5.96. The molecule has 0 aliphatic rings. The van der Waals surface area contributed by atoms with Crippen LogP contribution in [0.15, 0.2) is 84.9 Å². The molecule has 0 saturated carbocycles. The zero-order valence-corrected chi connectivity index (χ0v) is 14.6. The molecule has 0 atom stereocenters. The van der Waals surface area contributed by atoms with Crippen molar-refractivity contribution in [3.8, 4) is 0 Å². The van der Waals surface area contributed by atoms with Crippen molar-refractivity contribution in [2.24, 2.45) is 7.05 Å². The molecule has 0 amide bonds. The monoisotopic (exact) mass is 337 g/mol. The van der Waals surface area contributed by atoms with Crippen molar-refractivity contribution >= 4 is 28.8 Å². The highest BCUT2D eigenvalue weighted by Crippen LogP contribution is 2.33. The molecule has 0 spiro atoms. The second-order valence-electron chi connectivity index (χ2n) is 6.29. The van der Waals surface area contributed by atoms with Gasteiger partial charge in [0.05, 0.1) is 5.69 Å². The van der Waals surface area contributed by atoms with E-state index in [1.165, 1.54) is 0 Å². The molecule has 0 radical (unpaired) electrons. The van der Waals surface area contributed by atoms with E-state index in [4.69, 9.17) is 0 Å². The van der Waals surface area contributed by atoms with Crippen LogP contribution in [0.3, 0.4) is 0 Å². The fourth-order valence-electron chi connectivity index (χ4n) is 3.49. The standard InChI is InChI=1S/C24H19NO/c1-25-23-15-9-8-14-20(23)22(17-26)24(25)21(19-12-6-3-7-13-19)16-18-10-4-2-5-11-18/h2-17H,1H3/b21-16+. The van der Waals surface area contributed by atoms with Crippen molar-refractivity contribution in [1.29, 1.82) is 0 Å². The summed E-state index contributed by atoms with van der Waals surface area (Å²) in [6.07, 6.45) is 3.12. The first-order valence-electron chi connectivity index (χ1n) is 8.64. The molecular weight excluding hydrogens is 318 g/mol. The summed E-state index contributed by atoms with van der Waals surface area (Å²) in [6, 6.07) is 28.5. The molecule has 0 fully saturated rings. The van der Waals surface area contributed by atoms with Gasteiger partial charge in [-0.15, -0.1) is 0 Å². The lowest BCUT2D eigenvalue weighted by Crippen LogP contribution is -2.00. The molecule has 1 heterocycles. The third kappa shape index (κ3) is 2.76. The third-order valence-electron chi connectivity index (χ3n) is 4.71. The lowest BCUT2D eigenvalue weighted by molar-refractivity contribution is 0.112. The van der Waals surface area contributed by atoms with Crippen LogP contribution in [0.1, 0.15) is 27.2 Å². The van der Waals surface area contributed by atoms with E-state index in [1.807, 2.05) is 61.6 Å². The molecule has 3 aromatic carbocycles. The minimum absolute atomic E-state index is 0.731. The van der Waals surface area contributed by atoms with Gasteiger partial charge in [0.15, 0.2) is 6.29 Å². The number of para-hydroxylation sites is 1. The van der Waals surface area contributed by atoms with E-state index in [0.29, 0.717) is 0 Å². The van der Waals surface area contributed by atoms with Crippen molar-refractivity contribution in [3.05, 3.63) is 107 Å². The van der Waals surface area contributed by atoms with E-state index in [-0.39, 0.29) is 0 Å². The second kappa shape index (κ2) is 6.85. The average molecular weight is 337 g/mol. The number of fused-ring (bicyclic) bond motifs is 1. The number of hydrogen-bond donors (Lipinski definition) is 0. The topological polar surface area (TPSA) is 22.0 Å². The third-order valence-corrected chi connectivity index (χ3v) is 4.71. The number of aldehydes is 1. The van der Waals surface area contributed by atoms with E-state index in [1.54, 1.807) is 0 Å². The Kier molecular flexibility index (Phi) is 4.24. The molecule has 1 aromatic heterocycles. The van der Waals surface area contributed by atoms with Crippen molar-refractivity contribution in [3.63, 3.8) is 0 Å². The number of hydrogen-bond acceptors (Lipinski definition) is 1. The van der Waals surface area contributed by atoms with Crippen LogP contribution in [0.4, 0.5) is 0 Å². The van der Waals surface area contributed by atoms with Crippen molar-refractivity contribution < 1.29 is 4.79 Å². The first kappa shape index (κ1) is 16.1. The van der Waals surface area contributed by atoms with E-state index < -0.39 is 0 Å². The zero-order valence-electron chi connectivity index (χ0n) is 14.6. The molecule has 0 saturated heterocycles. The van der Waals surface area contributed by atoms with Gasteiger partial charge < -0.3 is 4.57 Å². The van der Waals surface area contributed by atoms with Crippen molar-refractivity contribution in [2.45, 2.75) is 0 Å². The van der Waals surface area contributed by atoms with Crippen molar-refractivity contribution in [2.75, 3.05) is 0 Å². The maximum Gasteiger partial charge on any atom is 0.152 e. The Morgan fingerprint density at radius 1 is 0.808 bits per heavy atom. The molecule has 4 aromatic rings. The van der Waals surface area contributed by atoms with Crippen LogP contribution in [0.2, 0.25) is 0 Å². The SMILES string of the molecule is Cn1c(/C(=C/c2ccccc2)c2ccccc2)c(C=O)c2ccccc21. The van der Waals surface area contributed by atoms with Crippen LogP contribution in [-0.4, -0.2) is 10.9 Å². The fourth-order valence-corrected chi connectivity index (χ4v) is 3.49. The Bertz CT molecular complexity index is 1090. The van der Waals surface area contributed by atoms with E-state index in [2.05, 4.69) is 41.0 Å². The van der Waals surface area contributed by atoms with Gasteiger partial charge >= 0.3 is 0 Å². The Morgan fingerprint density at radius 2 is 1.42 bits per heavy atom. The Hall–Kier alpha value is -3.39. The molecular formula is C24H19NO. The van der Waals surface area contributed by atoms with Gasteiger partial charge in [-0.2, -0.15) is 0 Å². The highest BCUT2D eigenvalue weighted by molar-refractivity contribution is 6.07. The number of aryl methyl sites for hydroxylation is 1. The maximum atomic E-state index is 12.0. The number of aromatic nitrogens is 1. The van der Waals surface area contributed by atoms with Crippen LogP contribution < -0.4 is 0 Å². The van der Waals surface area contributed by atoms with Crippen molar-refractivity contribution in [1.82, 2.24) is 4.57 Å². The number of carbonyl (C=O) groups excluding carboxylic acids is 1. The van der Waals surface area contributed by atoms with Gasteiger partial charge in [-0.1, -0.05) is 78.9 Å². The summed E-state index contributed by atoms with van der Waals surface area (Å²) >= 11 is 0. The quantitative estimate of drug-likeness (QED) is 0.352. The second-order valence-corrected chi connectivity index (χ2v) is 6.29. The van der Waals surface area contributed by atoms with Gasteiger partial charge in [0.1, 0.15) is 0 Å². The molecule has 0 bridgehead atoms. The Morgan fingerprint density at radius 3 is 2.12 bits per heavy atom. The van der Waals surface area contributed by atoms with Crippen LogP contribution in [-0.2, 0) is 7.05 Å². The minimum Gasteiger partial charge on any atom is -0.343 e. The molecule has 0 N–H and O–H groups in total. The molecule has 2 heteroatoms. The van der Waals surface area contributed by atoms with Crippen LogP contribution >= 0.6 is 0 Å². The molecule has 126 valence electrons. The first-order chi connectivity index (χ1) is 12.8. The number of benzene rings is 3. The molecule has 0 aliphatic carbocycles. The first-order valence-corrected chi connectivity index (χ1v) is 8.64. The highest BCUT2D eigenvalue weighted by Gasteiger charge is 2.18. The molecule has 4 rings (SSSR count). The predicted octanol–water partition coefficient (Wildman–Crippen LogP) is 5.58. The van der Waals surface area contributed by atoms with Gasteiger partial charge in [-0.05, 0) is 23.3 Å². The number of carbonyl (C=O) groups is 1. The number of nitrogens with zero attached hydrogens (tertiary/aromatic N) is 1. The van der Waals surface area contributed by atoms with Gasteiger partial charge in [-0.25, -0.2) is 0 Å². The lowest BCUT2D eigenvalue weighted by Gasteiger charge is -2.12. The minimum atomic E-state index is 0.731. The van der Waals surface area contributed by atoms with Gasteiger partial charge in [0.2, 0.25) is 0 Å². The summed E-state index contributed by atoms with van der Waals surface area (Å²) < 4.78 is 2.11. The van der Waals surface area contributed by atoms with Crippen LogP contribution in [0.5, 0.6) is 0 Å². The summed E-state index contributed by atoms with van der Waals surface area (Å²) in [7, 11) is 2.02. The smallest absolute Gasteiger partial charge is 0.152 e.